The van der Waals surface area contributed by atoms with E-state index in [0.29, 0.717) is 38.0 Å². The topological polar surface area (TPSA) is 80.3 Å². The van der Waals surface area contributed by atoms with Gasteiger partial charge in [0.15, 0.2) is 5.72 Å². The molecule has 0 saturated carbocycles. The van der Waals surface area contributed by atoms with Gasteiger partial charge in [-0.05, 0) is 93.8 Å². The third kappa shape index (κ3) is 9.03. The number of carbonyl (C=O) groups is 1. The lowest BCUT2D eigenvalue weighted by molar-refractivity contribution is -0.376. The van der Waals surface area contributed by atoms with E-state index in [1.807, 2.05) is 38.1 Å². The van der Waals surface area contributed by atoms with E-state index in [9.17, 15) is 36.2 Å². The number of amides is 2. The molecule has 1 heterocycles. The standard InChI is InChI=1S/C37H44F6N2O5/c1-5-11-27-22-30(35(47,36(38,39)40)37(41,42)43)23-28(15-14-26-12-7-6-8-13-26)32(27)48-21-10-9-20-45-24-49-34(4,44-33(45)46)29-16-18-31(19-17-29)50-25(2)3/h6-8,12-13,16-19,22-23,25,47H,5,9-11,14-15,20-21,24H2,1-4H3,(H,44,46). The van der Waals surface area contributed by atoms with Gasteiger partial charge in [0, 0.05) is 17.7 Å². The van der Waals surface area contributed by atoms with Crippen molar-refractivity contribution in [3.05, 3.63) is 94.5 Å². The highest BCUT2D eigenvalue weighted by molar-refractivity contribution is 5.75. The van der Waals surface area contributed by atoms with Gasteiger partial charge in [-0.15, -0.1) is 0 Å². The number of halogens is 6. The number of urea groups is 1. The van der Waals surface area contributed by atoms with Gasteiger partial charge < -0.3 is 29.5 Å². The smallest absolute Gasteiger partial charge is 0.430 e. The molecule has 3 aromatic rings. The summed E-state index contributed by atoms with van der Waals surface area (Å²) < 4.78 is 101. The van der Waals surface area contributed by atoms with Crippen molar-refractivity contribution in [3.63, 3.8) is 0 Å². The number of alkyl halides is 6. The van der Waals surface area contributed by atoms with Gasteiger partial charge in [0.05, 0.1) is 12.7 Å². The van der Waals surface area contributed by atoms with Crippen LogP contribution < -0.4 is 14.8 Å². The van der Waals surface area contributed by atoms with Gasteiger partial charge in [-0.25, -0.2) is 4.79 Å². The van der Waals surface area contributed by atoms with Gasteiger partial charge >= 0.3 is 18.4 Å². The molecule has 0 spiro atoms. The van der Waals surface area contributed by atoms with Crippen LogP contribution in [0.3, 0.4) is 0 Å². The Morgan fingerprint density at radius 1 is 0.920 bits per heavy atom. The highest BCUT2D eigenvalue weighted by Gasteiger charge is 2.71. The largest absolute Gasteiger partial charge is 0.493 e. The maximum absolute atomic E-state index is 13.9. The third-order valence-electron chi connectivity index (χ3n) is 8.51. The molecule has 0 bridgehead atoms. The fraction of sp³-hybridized carbons (Fsp3) is 0.486. The molecule has 1 aliphatic rings. The summed E-state index contributed by atoms with van der Waals surface area (Å²) in [5, 5.41) is 13.1. The van der Waals surface area contributed by atoms with E-state index < -0.39 is 29.2 Å². The van der Waals surface area contributed by atoms with Crippen molar-refractivity contribution in [2.24, 2.45) is 0 Å². The first-order valence-electron chi connectivity index (χ1n) is 16.7. The van der Waals surface area contributed by atoms with Crippen molar-refractivity contribution in [2.75, 3.05) is 19.9 Å². The predicted molar refractivity (Wildman–Crippen MR) is 176 cm³/mol. The monoisotopic (exact) mass is 710 g/mol. The van der Waals surface area contributed by atoms with Crippen LogP contribution in [0, 0.1) is 0 Å². The molecule has 1 fully saturated rings. The molecule has 1 aliphatic heterocycles. The molecule has 3 aromatic carbocycles. The average Bonchev–Trinajstić information content (AvgIpc) is 3.04. The van der Waals surface area contributed by atoms with Crippen LogP contribution in [-0.2, 0) is 35.3 Å². The summed E-state index contributed by atoms with van der Waals surface area (Å²) in [4.78, 5) is 14.5. The Labute approximate surface area is 288 Å². The Bertz CT molecular complexity index is 1550. The molecular weight excluding hydrogens is 666 g/mol. The van der Waals surface area contributed by atoms with Gasteiger partial charge in [0.1, 0.15) is 18.2 Å². The number of hydrogen-bond donors (Lipinski definition) is 2. The fourth-order valence-electron chi connectivity index (χ4n) is 5.81. The minimum atomic E-state index is -6.01. The van der Waals surface area contributed by atoms with Crippen LogP contribution in [0.2, 0.25) is 0 Å². The number of ether oxygens (including phenoxy) is 3. The van der Waals surface area contributed by atoms with E-state index in [4.69, 9.17) is 14.2 Å². The van der Waals surface area contributed by atoms with Crippen LogP contribution in [0.4, 0.5) is 31.1 Å². The quantitative estimate of drug-likeness (QED) is 0.122. The zero-order chi connectivity index (χ0) is 36.7. The average molecular weight is 711 g/mol. The highest BCUT2D eigenvalue weighted by atomic mass is 19.4. The second-order valence-electron chi connectivity index (χ2n) is 12.8. The minimum absolute atomic E-state index is 0.0183. The maximum atomic E-state index is 13.9. The summed E-state index contributed by atoms with van der Waals surface area (Å²) >= 11 is 0. The van der Waals surface area contributed by atoms with Crippen molar-refractivity contribution in [1.82, 2.24) is 10.2 Å². The van der Waals surface area contributed by atoms with Crippen molar-refractivity contribution in [3.8, 4) is 11.5 Å². The summed E-state index contributed by atoms with van der Waals surface area (Å²) in [5.41, 5.74) is -5.54. The van der Waals surface area contributed by atoms with E-state index in [0.717, 1.165) is 23.3 Å². The number of benzene rings is 3. The number of hydrogen-bond acceptors (Lipinski definition) is 5. The molecule has 0 aliphatic carbocycles. The lowest BCUT2D eigenvalue weighted by Gasteiger charge is -2.40. The molecule has 2 amide bonds. The minimum Gasteiger partial charge on any atom is -0.493 e. The van der Waals surface area contributed by atoms with Crippen molar-refractivity contribution in [2.45, 2.75) is 96.0 Å². The van der Waals surface area contributed by atoms with Gasteiger partial charge in [-0.1, -0.05) is 55.8 Å². The van der Waals surface area contributed by atoms with Gasteiger partial charge in [0.25, 0.3) is 5.60 Å². The number of rotatable bonds is 15. The van der Waals surface area contributed by atoms with Crippen LogP contribution in [0.1, 0.15) is 74.8 Å². The van der Waals surface area contributed by atoms with Crippen LogP contribution in [0.25, 0.3) is 0 Å². The number of aliphatic hydroxyl groups is 1. The van der Waals surface area contributed by atoms with Crippen LogP contribution in [0.5, 0.6) is 11.5 Å². The van der Waals surface area contributed by atoms with E-state index in [2.05, 4.69) is 5.32 Å². The van der Waals surface area contributed by atoms with Crippen LogP contribution >= 0.6 is 0 Å². The first-order chi connectivity index (χ1) is 23.5. The molecule has 1 atom stereocenters. The van der Waals surface area contributed by atoms with Crippen molar-refractivity contribution >= 4 is 6.03 Å². The number of unbranched alkanes of at least 4 members (excludes halogenated alkanes) is 1. The van der Waals surface area contributed by atoms with Crippen molar-refractivity contribution in [1.29, 1.82) is 0 Å². The molecule has 1 unspecified atom stereocenters. The molecule has 50 heavy (non-hydrogen) atoms. The normalized spacial score (nSPS) is 17.2. The number of nitrogens with one attached hydrogen (secondary N) is 1. The SMILES string of the molecule is CCCc1cc(C(O)(C(F)(F)F)C(F)(F)F)cc(CCc2ccccc2)c1OCCCCN1COC(C)(c2ccc(OC(C)C)cc2)NC1=O. The van der Waals surface area contributed by atoms with Crippen molar-refractivity contribution < 1.29 is 50.5 Å². The van der Waals surface area contributed by atoms with E-state index in [1.165, 1.54) is 4.90 Å². The highest BCUT2D eigenvalue weighted by Crippen LogP contribution is 2.51. The van der Waals surface area contributed by atoms with Gasteiger partial charge in [0.2, 0.25) is 0 Å². The number of nitrogens with zero attached hydrogens (tertiary/aromatic N) is 1. The molecule has 274 valence electrons. The summed E-state index contributed by atoms with van der Waals surface area (Å²) in [6, 6.07) is 17.4. The lowest BCUT2D eigenvalue weighted by atomic mass is 9.87. The second-order valence-corrected chi connectivity index (χ2v) is 12.8. The van der Waals surface area contributed by atoms with E-state index in [-0.39, 0.29) is 55.2 Å². The van der Waals surface area contributed by atoms with Crippen LogP contribution in [0.15, 0.2) is 66.7 Å². The Kier molecular flexibility index (Phi) is 12.4. The Balaban J connectivity index is 1.45. The zero-order valence-electron chi connectivity index (χ0n) is 28.6. The van der Waals surface area contributed by atoms with Gasteiger partial charge in [-0.3, -0.25) is 0 Å². The zero-order valence-corrected chi connectivity index (χ0v) is 28.6. The molecular formula is C37H44F6N2O5. The summed E-state index contributed by atoms with van der Waals surface area (Å²) in [6.45, 7) is 7.79. The predicted octanol–water partition coefficient (Wildman–Crippen LogP) is 8.55. The Morgan fingerprint density at radius 2 is 1.54 bits per heavy atom. The summed E-state index contributed by atoms with van der Waals surface area (Å²) in [5.74, 6) is 0.904. The van der Waals surface area contributed by atoms with E-state index >= 15 is 0 Å². The second kappa shape index (κ2) is 15.9. The van der Waals surface area contributed by atoms with E-state index in [1.54, 1.807) is 44.2 Å². The molecule has 1 saturated heterocycles. The first kappa shape index (κ1) is 38.8. The molecule has 7 nitrogen and oxygen atoms in total. The summed E-state index contributed by atoms with van der Waals surface area (Å²) in [7, 11) is 0. The number of aryl methyl sites for hydroxylation is 3. The molecule has 4 rings (SSSR count). The lowest BCUT2D eigenvalue weighted by Crippen LogP contribution is -2.58. The molecule has 0 aromatic heterocycles. The maximum Gasteiger partial charge on any atom is 0.430 e. The summed E-state index contributed by atoms with van der Waals surface area (Å²) in [6.07, 6.45) is -10.2. The van der Waals surface area contributed by atoms with Crippen LogP contribution in [-0.4, -0.2) is 54.4 Å². The Hall–Kier alpha value is -3.97. The molecule has 13 heteroatoms. The first-order valence-corrected chi connectivity index (χ1v) is 16.7. The molecule has 0 radical (unpaired) electrons. The fourth-order valence-corrected chi connectivity index (χ4v) is 5.81. The van der Waals surface area contributed by atoms with Gasteiger partial charge in [-0.2, -0.15) is 26.3 Å². The Morgan fingerprint density at radius 3 is 2.10 bits per heavy atom. The number of carbonyl (C=O) groups excluding carboxylic acids is 1. The third-order valence-corrected chi connectivity index (χ3v) is 8.51. The molecule has 2 N–H and O–H groups in total.